The molecule has 3 aromatic rings. The first kappa shape index (κ1) is 30.8. The highest BCUT2D eigenvalue weighted by Crippen LogP contribution is 2.43. The Morgan fingerprint density at radius 1 is 0.841 bits per heavy atom. The lowest BCUT2D eigenvalue weighted by atomic mass is 9.81. The highest BCUT2D eigenvalue weighted by molar-refractivity contribution is 7.89. The highest BCUT2D eigenvalue weighted by atomic mass is 35.5. The molecule has 1 saturated carbocycles. The predicted octanol–water partition coefficient (Wildman–Crippen LogP) is 6.57. The van der Waals surface area contributed by atoms with Crippen LogP contribution in [0.15, 0.2) is 71.6 Å². The molecule has 0 radical (unpaired) electrons. The van der Waals surface area contributed by atoms with Crippen LogP contribution in [0.4, 0.5) is 11.4 Å². The van der Waals surface area contributed by atoms with Crippen molar-refractivity contribution in [3.05, 3.63) is 87.9 Å². The first-order valence-corrected chi connectivity index (χ1v) is 17.2. The Hall–Kier alpha value is -3.24. The third-order valence-corrected chi connectivity index (χ3v) is 11.7. The number of hydrogen-bond donors (Lipinski definition) is 1. The summed E-state index contributed by atoms with van der Waals surface area (Å²) in [4.78, 5) is 41.1. The number of benzene rings is 3. The minimum Gasteiger partial charge on any atom is -0.320 e. The monoisotopic (exact) mass is 653 g/mol. The van der Waals surface area contributed by atoms with E-state index in [1.165, 1.54) is 40.2 Å². The molecule has 2 atom stereocenters. The summed E-state index contributed by atoms with van der Waals surface area (Å²) in [5, 5.41) is 3.10. The van der Waals surface area contributed by atoms with E-state index in [4.69, 9.17) is 23.2 Å². The number of rotatable bonds is 7. The van der Waals surface area contributed by atoms with Crippen LogP contribution in [0.25, 0.3) is 0 Å². The van der Waals surface area contributed by atoms with Crippen LogP contribution >= 0.6 is 23.2 Å². The van der Waals surface area contributed by atoms with Crippen LogP contribution in [0, 0.1) is 17.8 Å². The summed E-state index contributed by atoms with van der Waals surface area (Å²) in [6, 6.07) is 18.8. The van der Waals surface area contributed by atoms with Crippen molar-refractivity contribution in [3.8, 4) is 0 Å². The first-order valence-electron chi connectivity index (χ1n) is 15.0. The molecule has 3 fully saturated rings. The van der Waals surface area contributed by atoms with Crippen LogP contribution in [-0.4, -0.2) is 43.5 Å². The second-order valence-corrected chi connectivity index (χ2v) is 14.6. The van der Waals surface area contributed by atoms with Gasteiger partial charge in [0, 0.05) is 23.7 Å². The van der Waals surface area contributed by atoms with Crippen molar-refractivity contribution in [1.82, 2.24) is 4.31 Å². The van der Waals surface area contributed by atoms with Crippen LogP contribution in [0.3, 0.4) is 0 Å². The van der Waals surface area contributed by atoms with Gasteiger partial charge in [0.15, 0.2) is 0 Å². The smallest absolute Gasteiger partial charge is 0.255 e. The Balaban J connectivity index is 1.20. The third-order valence-electron chi connectivity index (χ3n) is 9.04. The second-order valence-electron chi connectivity index (χ2n) is 11.8. The van der Waals surface area contributed by atoms with E-state index in [9.17, 15) is 22.8 Å². The lowest BCUT2D eigenvalue weighted by Crippen LogP contribution is -2.39. The number of piperidine rings is 1. The maximum atomic E-state index is 13.7. The number of hydrogen-bond acceptors (Lipinski definition) is 5. The number of anilines is 2. The molecular weight excluding hydrogens is 621 g/mol. The number of halogens is 2. The molecule has 44 heavy (non-hydrogen) atoms. The highest BCUT2D eigenvalue weighted by Gasteiger charge is 2.49. The van der Waals surface area contributed by atoms with Crippen LogP contribution in [0.5, 0.6) is 0 Å². The topological polar surface area (TPSA) is 104 Å². The number of sulfonamides is 1. The molecule has 3 aromatic carbocycles. The quantitative estimate of drug-likeness (QED) is 0.291. The fourth-order valence-electron chi connectivity index (χ4n) is 6.67. The molecule has 8 nitrogen and oxygen atoms in total. The largest absolute Gasteiger partial charge is 0.320 e. The molecule has 2 aliphatic heterocycles. The van der Waals surface area contributed by atoms with Gasteiger partial charge in [-0.3, -0.25) is 14.4 Å². The van der Waals surface area contributed by atoms with Gasteiger partial charge in [-0.25, -0.2) is 13.3 Å². The maximum absolute atomic E-state index is 13.7. The van der Waals surface area contributed by atoms with E-state index in [0.717, 1.165) is 37.0 Å². The average Bonchev–Trinajstić information content (AvgIpc) is 3.28. The summed E-state index contributed by atoms with van der Waals surface area (Å²) in [5.74, 6) is -1.55. The normalized spacial score (nSPS) is 21.4. The van der Waals surface area contributed by atoms with E-state index >= 15 is 0 Å². The van der Waals surface area contributed by atoms with Gasteiger partial charge in [0.05, 0.1) is 28.2 Å². The van der Waals surface area contributed by atoms with Crippen LogP contribution in [-0.2, 0) is 26.0 Å². The molecule has 230 valence electrons. The molecule has 3 aliphatic rings. The van der Waals surface area contributed by atoms with E-state index in [1.54, 1.807) is 6.07 Å². The number of nitrogens with zero attached hydrogens (tertiary/aromatic N) is 2. The van der Waals surface area contributed by atoms with E-state index < -0.39 is 15.9 Å². The number of carbonyl (C=O) groups is 3. The Labute approximate surface area is 267 Å². The third kappa shape index (κ3) is 6.03. The van der Waals surface area contributed by atoms with Crippen LogP contribution < -0.4 is 10.2 Å². The molecule has 2 saturated heterocycles. The molecule has 3 amide bonds. The predicted molar refractivity (Wildman–Crippen MR) is 170 cm³/mol. The molecule has 6 rings (SSSR count). The summed E-state index contributed by atoms with van der Waals surface area (Å²) in [5.41, 5.74) is 1.73. The first-order chi connectivity index (χ1) is 21.1. The van der Waals surface area contributed by atoms with E-state index in [0.29, 0.717) is 36.9 Å². The molecular formula is C33H33Cl2N3O5S. The maximum Gasteiger partial charge on any atom is 0.255 e. The second kappa shape index (κ2) is 12.6. The molecule has 2 heterocycles. The molecule has 0 spiro atoms. The van der Waals surface area contributed by atoms with Crippen molar-refractivity contribution < 1.29 is 22.8 Å². The standard InChI is InChI=1S/C33H33Cl2N3O5S/c34-24-11-13-28(29(20-24)38-32(40)25-8-4-5-9-26(25)33(38)41)36-31(39)23-10-12-27(35)30(19-23)44(42,43)37-16-14-22(15-17-37)18-21-6-2-1-3-7-21/h1-3,6-7,10-13,19-20,22,25-26H,4-5,8-9,14-18H2,(H,36,39). The molecule has 0 aromatic heterocycles. The summed E-state index contributed by atoms with van der Waals surface area (Å²) < 4.78 is 28.8. The van der Waals surface area contributed by atoms with Gasteiger partial charge in [-0.1, -0.05) is 66.4 Å². The van der Waals surface area contributed by atoms with Crippen molar-refractivity contribution in [2.24, 2.45) is 17.8 Å². The van der Waals surface area contributed by atoms with Crippen LogP contribution in [0.2, 0.25) is 10.0 Å². The van der Waals surface area contributed by atoms with E-state index in [1.807, 2.05) is 18.2 Å². The lowest BCUT2D eigenvalue weighted by Gasteiger charge is -2.31. The van der Waals surface area contributed by atoms with Crippen molar-refractivity contribution in [2.45, 2.75) is 49.8 Å². The minimum absolute atomic E-state index is 0.0241. The summed E-state index contributed by atoms with van der Waals surface area (Å²) in [7, 11) is -3.97. The number of fused-ring (bicyclic) bond motifs is 1. The van der Waals surface area contributed by atoms with Crippen molar-refractivity contribution >= 4 is 62.3 Å². The van der Waals surface area contributed by atoms with Gasteiger partial charge in [0.1, 0.15) is 4.90 Å². The van der Waals surface area contributed by atoms with Gasteiger partial charge < -0.3 is 5.32 Å². The number of nitrogens with one attached hydrogen (secondary N) is 1. The molecule has 2 unspecified atom stereocenters. The Morgan fingerprint density at radius 2 is 1.50 bits per heavy atom. The van der Waals surface area contributed by atoms with Gasteiger partial charge in [-0.2, -0.15) is 4.31 Å². The zero-order chi connectivity index (χ0) is 31.0. The Morgan fingerprint density at radius 3 is 2.16 bits per heavy atom. The van der Waals surface area contributed by atoms with Gasteiger partial charge in [-0.05, 0) is 80.0 Å². The SMILES string of the molecule is O=C(Nc1ccc(Cl)cc1N1C(=O)C2CCCCC2C1=O)c1ccc(Cl)c(S(=O)(=O)N2CCC(Cc3ccccc3)CC2)c1. The Kier molecular flexibility index (Phi) is 8.84. The fourth-order valence-corrected chi connectivity index (χ4v) is 8.81. The molecule has 1 aliphatic carbocycles. The summed E-state index contributed by atoms with van der Waals surface area (Å²) in [6.07, 6.45) is 5.43. The number of carbonyl (C=O) groups excluding carboxylic acids is 3. The van der Waals surface area contributed by atoms with Crippen molar-refractivity contribution in [1.29, 1.82) is 0 Å². The zero-order valence-corrected chi connectivity index (χ0v) is 26.4. The fraction of sp³-hybridized carbons (Fsp3) is 0.364. The van der Waals surface area contributed by atoms with Gasteiger partial charge >= 0.3 is 0 Å². The zero-order valence-electron chi connectivity index (χ0n) is 24.0. The minimum atomic E-state index is -3.97. The van der Waals surface area contributed by atoms with E-state index in [-0.39, 0.29) is 50.5 Å². The lowest BCUT2D eigenvalue weighted by molar-refractivity contribution is -0.122. The average molecular weight is 655 g/mol. The number of amides is 3. The molecule has 0 bridgehead atoms. The van der Waals surface area contributed by atoms with E-state index in [2.05, 4.69) is 17.4 Å². The molecule has 1 N–H and O–H groups in total. The summed E-state index contributed by atoms with van der Waals surface area (Å²) >= 11 is 12.6. The van der Waals surface area contributed by atoms with Gasteiger partial charge in [-0.15, -0.1) is 0 Å². The summed E-state index contributed by atoms with van der Waals surface area (Å²) in [6.45, 7) is 0.723. The van der Waals surface area contributed by atoms with Crippen molar-refractivity contribution in [2.75, 3.05) is 23.3 Å². The van der Waals surface area contributed by atoms with Crippen molar-refractivity contribution in [3.63, 3.8) is 0 Å². The Bertz CT molecular complexity index is 1680. The molecule has 11 heteroatoms. The van der Waals surface area contributed by atoms with Gasteiger partial charge in [0.25, 0.3) is 5.91 Å². The van der Waals surface area contributed by atoms with Crippen LogP contribution in [0.1, 0.15) is 54.4 Å². The number of imide groups is 1. The van der Waals surface area contributed by atoms with Gasteiger partial charge in [0.2, 0.25) is 21.8 Å².